The van der Waals surface area contributed by atoms with Gasteiger partial charge in [0.15, 0.2) is 0 Å². The van der Waals surface area contributed by atoms with E-state index >= 15 is 0 Å². The second-order valence-corrected chi connectivity index (χ2v) is 18.3. The second kappa shape index (κ2) is 18.8. The number of aliphatic hydroxyl groups excluding tert-OH is 1. The number of rotatable bonds is 19. The van der Waals surface area contributed by atoms with E-state index in [0.29, 0.717) is 49.6 Å². The minimum Gasteiger partial charge on any atom is -0.494 e. The lowest BCUT2D eigenvalue weighted by Crippen LogP contribution is -2.43. The summed E-state index contributed by atoms with van der Waals surface area (Å²) in [5.41, 5.74) is 3.86. The van der Waals surface area contributed by atoms with Crippen molar-refractivity contribution in [3.63, 3.8) is 0 Å². The van der Waals surface area contributed by atoms with Crippen LogP contribution in [0.2, 0.25) is 0 Å². The second-order valence-electron chi connectivity index (χ2n) is 14.4. The van der Waals surface area contributed by atoms with Crippen molar-refractivity contribution in [3.8, 4) is 5.75 Å². The molecule has 2 heterocycles. The third-order valence-electron chi connectivity index (χ3n) is 10.2. The van der Waals surface area contributed by atoms with Crippen LogP contribution in [0.25, 0.3) is 0 Å². The van der Waals surface area contributed by atoms with Crippen LogP contribution in [0, 0.1) is 13.8 Å². The molecule has 300 valence electrons. The number of sulfonamides is 2. The lowest BCUT2D eigenvalue weighted by atomic mass is 10.1. The van der Waals surface area contributed by atoms with Gasteiger partial charge in [-0.25, -0.2) is 16.8 Å². The summed E-state index contributed by atoms with van der Waals surface area (Å²) in [6, 6.07) is 28.0. The van der Waals surface area contributed by atoms with Gasteiger partial charge in [0.2, 0.25) is 20.0 Å². The van der Waals surface area contributed by atoms with Crippen molar-refractivity contribution in [2.75, 3.05) is 51.3 Å². The van der Waals surface area contributed by atoms with E-state index in [0.717, 1.165) is 29.5 Å². The third kappa shape index (κ3) is 10.2. The number of nitrogens with one attached hydrogen (secondary N) is 1. The summed E-state index contributed by atoms with van der Waals surface area (Å²) in [7, 11) is -7.81. The number of hydrogen-bond acceptors (Lipinski definition) is 9. The SMILES string of the molecule is Cc1ccc(S(=O)(=O)N(CCCOCc2ccccc2)CCCN(CCCOc2ccc3c(c2)C(=O)N2CCC[C@H]2C(O)N3)S(=O)(=O)c2ccc(C)cc2)cc1. The van der Waals surface area contributed by atoms with Crippen LogP contribution in [-0.2, 0) is 31.4 Å². The van der Waals surface area contributed by atoms with Crippen molar-refractivity contribution in [1.29, 1.82) is 0 Å². The molecule has 0 aliphatic carbocycles. The summed E-state index contributed by atoms with van der Waals surface area (Å²) < 4.78 is 70.5. The van der Waals surface area contributed by atoms with Crippen LogP contribution in [0.3, 0.4) is 0 Å². The molecule has 56 heavy (non-hydrogen) atoms. The van der Waals surface area contributed by atoms with E-state index in [1.54, 1.807) is 71.6 Å². The molecule has 0 bridgehead atoms. The van der Waals surface area contributed by atoms with Crippen molar-refractivity contribution < 1.29 is 36.2 Å². The molecule has 0 spiro atoms. The Hall–Kier alpha value is -4.31. The molecule has 1 unspecified atom stereocenters. The maximum Gasteiger partial charge on any atom is 0.256 e. The van der Waals surface area contributed by atoms with Gasteiger partial charge in [-0.2, -0.15) is 8.61 Å². The largest absolute Gasteiger partial charge is 0.494 e. The zero-order valence-electron chi connectivity index (χ0n) is 32.0. The number of amides is 1. The molecule has 4 aromatic carbocycles. The first-order valence-electron chi connectivity index (χ1n) is 19.2. The molecule has 2 N–H and O–H groups in total. The molecular weight excluding hydrogens is 753 g/mol. The van der Waals surface area contributed by atoms with Crippen LogP contribution in [0.5, 0.6) is 5.75 Å². The van der Waals surface area contributed by atoms with E-state index in [-0.39, 0.29) is 60.9 Å². The number of anilines is 1. The van der Waals surface area contributed by atoms with Crippen LogP contribution >= 0.6 is 0 Å². The Kier molecular flexibility index (Phi) is 13.8. The number of ether oxygens (including phenoxy) is 2. The highest BCUT2D eigenvalue weighted by atomic mass is 32.2. The standard InChI is InChI=1S/C42H52N4O8S2/c1-32-13-18-36(19-14-32)55(49,50)44(25-8-28-53-31-34-10-4-3-5-11-34)23-7-24-45(56(51,52)37-20-15-33(2)16-21-37)26-9-29-54-35-17-22-39-38(30-35)42(48)46-27-6-12-40(46)41(47)43-39/h3-5,10-11,13-22,30,40-41,43,47H,6-9,12,23-29,31H2,1-2H3/t40-,41?/m0/s1. The van der Waals surface area contributed by atoms with E-state index in [9.17, 15) is 26.7 Å². The van der Waals surface area contributed by atoms with Crippen molar-refractivity contribution >= 4 is 31.6 Å². The van der Waals surface area contributed by atoms with Crippen molar-refractivity contribution in [3.05, 3.63) is 119 Å². The third-order valence-corrected chi connectivity index (χ3v) is 14.0. The zero-order chi connectivity index (χ0) is 39.7. The van der Waals surface area contributed by atoms with Gasteiger partial charge in [0.1, 0.15) is 12.0 Å². The number of carbonyl (C=O) groups excluding carboxylic acids is 1. The first kappa shape index (κ1) is 41.3. The van der Waals surface area contributed by atoms with Gasteiger partial charge in [-0.05, 0) is 94.0 Å². The number of benzene rings is 4. The van der Waals surface area contributed by atoms with Gasteiger partial charge in [-0.3, -0.25) is 4.79 Å². The Morgan fingerprint density at radius 2 is 1.32 bits per heavy atom. The van der Waals surface area contributed by atoms with Gasteiger partial charge in [0.25, 0.3) is 5.91 Å². The van der Waals surface area contributed by atoms with Crippen molar-refractivity contribution in [1.82, 2.24) is 13.5 Å². The number of aryl methyl sites for hydroxylation is 2. The summed E-state index contributed by atoms with van der Waals surface area (Å²) in [5.74, 6) is 0.300. The van der Waals surface area contributed by atoms with Crippen LogP contribution in [0.1, 0.15) is 59.2 Å². The average molecular weight is 805 g/mol. The predicted molar refractivity (Wildman–Crippen MR) is 215 cm³/mol. The Morgan fingerprint density at radius 1 is 0.750 bits per heavy atom. The van der Waals surface area contributed by atoms with Crippen LogP contribution in [0.15, 0.2) is 107 Å². The minimum absolute atomic E-state index is 0.0823. The molecule has 14 heteroatoms. The fourth-order valence-corrected chi connectivity index (χ4v) is 10.1. The van der Waals surface area contributed by atoms with Crippen LogP contribution < -0.4 is 10.1 Å². The maximum atomic E-state index is 14.0. The smallest absolute Gasteiger partial charge is 0.256 e. The predicted octanol–water partition coefficient (Wildman–Crippen LogP) is 5.80. The maximum absolute atomic E-state index is 14.0. The summed E-state index contributed by atoms with van der Waals surface area (Å²) in [6.07, 6.45) is 1.75. The molecule has 0 aromatic heterocycles. The van der Waals surface area contributed by atoms with Gasteiger partial charge < -0.3 is 24.8 Å². The monoisotopic (exact) mass is 804 g/mol. The van der Waals surface area contributed by atoms with Crippen LogP contribution in [-0.4, -0.2) is 99.6 Å². The molecule has 0 radical (unpaired) electrons. The highest BCUT2D eigenvalue weighted by Gasteiger charge is 2.38. The van der Waals surface area contributed by atoms with E-state index in [2.05, 4.69) is 5.32 Å². The molecule has 2 atom stereocenters. The molecule has 2 aliphatic rings. The molecule has 4 aromatic rings. The molecule has 12 nitrogen and oxygen atoms in total. The van der Waals surface area contributed by atoms with Gasteiger partial charge in [-0.15, -0.1) is 0 Å². The average Bonchev–Trinajstić information content (AvgIpc) is 3.66. The number of hydrogen-bond donors (Lipinski definition) is 2. The quantitative estimate of drug-likeness (QED) is 0.112. The molecular formula is C42H52N4O8S2. The summed E-state index contributed by atoms with van der Waals surface area (Å²) >= 11 is 0. The van der Waals surface area contributed by atoms with Gasteiger partial charge >= 0.3 is 0 Å². The lowest BCUT2D eigenvalue weighted by Gasteiger charge is -2.26. The highest BCUT2D eigenvalue weighted by molar-refractivity contribution is 7.89. The molecule has 6 rings (SSSR count). The number of carbonyl (C=O) groups is 1. The molecule has 1 fully saturated rings. The van der Waals surface area contributed by atoms with E-state index < -0.39 is 26.3 Å². The zero-order valence-corrected chi connectivity index (χ0v) is 33.7. The molecule has 2 aliphatic heterocycles. The Bertz CT molecular complexity index is 2130. The van der Waals surface area contributed by atoms with Crippen LogP contribution in [0.4, 0.5) is 5.69 Å². The first-order valence-corrected chi connectivity index (χ1v) is 22.1. The van der Waals surface area contributed by atoms with Gasteiger partial charge in [-0.1, -0.05) is 65.7 Å². The van der Waals surface area contributed by atoms with Crippen molar-refractivity contribution in [2.45, 2.75) is 74.6 Å². The number of nitrogens with zero attached hydrogens (tertiary/aromatic N) is 3. The summed E-state index contributed by atoms with van der Waals surface area (Å²) in [5, 5.41) is 13.7. The summed E-state index contributed by atoms with van der Waals surface area (Å²) in [4.78, 5) is 15.4. The van der Waals surface area contributed by atoms with Crippen molar-refractivity contribution in [2.24, 2.45) is 0 Å². The first-order chi connectivity index (χ1) is 26.9. The highest BCUT2D eigenvalue weighted by Crippen LogP contribution is 2.32. The fourth-order valence-electron chi connectivity index (χ4n) is 7.08. The minimum atomic E-state index is -3.93. The number of aliphatic hydroxyl groups is 1. The Balaban J connectivity index is 1.11. The van der Waals surface area contributed by atoms with E-state index in [1.165, 1.54) is 8.61 Å². The van der Waals surface area contributed by atoms with Gasteiger partial charge in [0, 0.05) is 45.0 Å². The molecule has 1 amide bonds. The lowest BCUT2D eigenvalue weighted by molar-refractivity contribution is 0.0581. The number of fused-ring (bicyclic) bond motifs is 2. The Labute approximate surface area is 331 Å². The normalized spacial score (nSPS) is 17.1. The van der Waals surface area contributed by atoms with E-state index in [1.807, 2.05) is 44.2 Å². The molecule has 0 saturated carbocycles. The Morgan fingerprint density at radius 3 is 1.93 bits per heavy atom. The van der Waals surface area contributed by atoms with E-state index in [4.69, 9.17) is 9.47 Å². The fraction of sp³-hybridized carbons (Fsp3) is 0.405. The summed E-state index contributed by atoms with van der Waals surface area (Å²) in [6.45, 7) is 5.84. The van der Waals surface area contributed by atoms with Gasteiger partial charge in [0.05, 0.1) is 34.6 Å². The molecule has 1 saturated heterocycles. The topological polar surface area (TPSA) is 146 Å².